The summed E-state index contributed by atoms with van der Waals surface area (Å²) in [6, 6.07) is 0. The van der Waals surface area contributed by atoms with Gasteiger partial charge in [-0.3, -0.25) is 4.79 Å². The highest BCUT2D eigenvalue weighted by atomic mass is 32.2. The van der Waals surface area contributed by atoms with E-state index in [4.69, 9.17) is 0 Å². The normalized spacial score (nSPS) is 13.9. The Hall–Kier alpha value is -0.220. The predicted octanol–water partition coefficient (Wildman–Crippen LogP) is 1.36. The smallest absolute Gasteiger partial charge is 0.223 e. The summed E-state index contributed by atoms with van der Waals surface area (Å²) in [6.07, 6.45) is 2.53. The van der Waals surface area contributed by atoms with Gasteiger partial charge in [0.2, 0.25) is 5.91 Å². The SMILES string of the molecule is CSC(C)CC(=O)N(C)CC(C)(C)O. The third-order valence-electron chi connectivity index (χ3n) is 1.91. The molecule has 84 valence electrons. The van der Waals surface area contributed by atoms with Gasteiger partial charge in [-0.05, 0) is 20.1 Å². The van der Waals surface area contributed by atoms with Crippen molar-refractivity contribution in [1.82, 2.24) is 4.90 Å². The van der Waals surface area contributed by atoms with Crippen molar-refractivity contribution in [2.24, 2.45) is 0 Å². The molecule has 14 heavy (non-hydrogen) atoms. The van der Waals surface area contributed by atoms with Crippen molar-refractivity contribution in [2.75, 3.05) is 19.8 Å². The molecule has 0 aliphatic heterocycles. The number of hydrogen-bond acceptors (Lipinski definition) is 3. The van der Waals surface area contributed by atoms with Crippen molar-refractivity contribution in [2.45, 2.75) is 38.0 Å². The maximum Gasteiger partial charge on any atom is 0.223 e. The number of carbonyl (C=O) groups excluding carboxylic acids is 1. The van der Waals surface area contributed by atoms with Crippen LogP contribution >= 0.6 is 11.8 Å². The molecular formula is C10H21NO2S. The number of rotatable bonds is 5. The van der Waals surface area contributed by atoms with Crippen LogP contribution < -0.4 is 0 Å². The molecule has 0 aromatic heterocycles. The van der Waals surface area contributed by atoms with Crippen LogP contribution in [0.2, 0.25) is 0 Å². The first-order valence-electron chi connectivity index (χ1n) is 4.75. The topological polar surface area (TPSA) is 40.5 Å². The molecule has 3 nitrogen and oxygen atoms in total. The third-order valence-corrected chi connectivity index (χ3v) is 2.89. The first kappa shape index (κ1) is 13.8. The Labute approximate surface area is 90.9 Å². The zero-order valence-electron chi connectivity index (χ0n) is 9.70. The molecule has 0 heterocycles. The zero-order valence-corrected chi connectivity index (χ0v) is 10.5. The van der Waals surface area contributed by atoms with Crippen LogP contribution in [0.4, 0.5) is 0 Å². The van der Waals surface area contributed by atoms with E-state index in [-0.39, 0.29) is 5.91 Å². The van der Waals surface area contributed by atoms with E-state index in [1.54, 1.807) is 37.6 Å². The van der Waals surface area contributed by atoms with Gasteiger partial charge in [-0.15, -0.1) is 0 Å². The molecule has 0 aromatic carbocycles. The third kappa shape index (κ3) is 6.27. The number of nitrogens with zero attached hydrogens (tertiary/aromatic N) is 1. The van der Waals surface area contributed by atoms with Crippen molar-refractivity contribution in [1.29, 1.82) is 0 Å². The minimum absolute atomic E-state index is 0.0916. The fourth-order valence-corrected chi connectivity index (χ4v) is 1.46. The molecule has 0 aromatic rings. The molecule has 0 aliphatic rings. The second kappa shape index (κ2) is 5.61. The molecule has 1 unspecified atom stereocenters. The molecule has 0 aliphatic carbocycles. The predicted molar refractivity (Wildman–Crippen MR) is 61.5 cm³/mol. The van der Waals surface area contributed by atoms with Gasteiger partial charge >= 0.3 is 0 Å². The second-order valence-corrected chi connectivity index (χ2v) is 5.59. The molecule has 0 radical (unpaired) electrons. The van der Waals surface area contributed by atoms with Crippen molar-refractivity contribution in [3.8, 4) is 0 Å². The second-order valence-electron chi connectivity index (χ2n) is 4.31. The molecule has 1 atom stereocenters. The van der Waals surface area contributed by atoms with E-state index in [0.717, 1.165) is 0 Å². The van der Waals surface area contributed by atoms with Gasteiger partial charge in [0, 0.05) is 25.3 Å². The van der Waals surface area contributed by atoms with Gasteiger partial charge in [0.25, 0.3) is 0 Å². The maximum atomic E-state index is 11.6. The Balaban J connectivity index is 4.00. The highest BCUT2D eigenvalue weighted by Crippen LogP contribution is 2.12. The first-order chi connectivity index (χ1) is 6.26. The van der Waals surface area contributed by atoms with Gasteiger partial charge in [-0.1, -0.05) is 6.92 Å². The Kier molecular flexibility index (Phi) is 5.52. The molecule has 0 spiro atoms. The van der Waals surface area contributed by atoms with E-state index in [0.29, 0.717) is 18.2 Å². The van der Waals surface area contributed by atoms with Crippen molar-refractivity contribution in [3.05, 3.63) is 0 Å². The molecule has 1 amide bonds. The van der Waals surface area contributed by atoms with Gasteiger partial charge in [-0.2, -0.15) is 11.8 Å². The standard InChI is InChI=1S/C10H21NO2S/c1-8(14-5)6-9(12)11(4)7-10(2,3)13/h8,13H,6-7H2,1-5H3. The van der Waals surface area contributed by atoms with Crippen LogP contribution in [0.5, 0.6) is 0 Å². The highest BCUT2D eigenvalue weighted by Gasteiger charge is 2.20. The maximum absolute atomic E-state index is 11.6. The van der Waals surface area contributed by atoms with Gasteiger partial charge in [0.05, 0.1) is 5.60 Å². The van der Waals surface area contributed by atoms with E-state index in [2.05, 4.69) is 0 Å². The molecule has 0 saturated heterocycles. The van der Waals surface area contributed by atoms with Crippen molar-refractivity contribution in [3.63, 3.8) is 0 Å². The molecule has 0 fully saturated rings. The Morgan fingerprint density at radius 3 is 2.43 bits per heavy atom. The highest BCUT2D eigenvalue weighted by molar-refractivity contribution is 7.99. The quantitative estimate of drug-likeness (QED) is 0.759. The van der Waals surface area contributed by atoms with Gasteiger partial charge in [-0.25, -0.2) is 0 Å². The molecule has 0 rings (SSSR count). The number of carbonyl (C=O) groups is 1. The van der Waals surface area contributed by atoms with E-state index < -0.39 is 5.60 Å². The number of amides is 1. The summed E-state index contributed by atoms with van der Waals surface area (Å²) in [5.74, 6) is 0.0916. The zero-order chi connectivity index (χ0) is 11.4. The summed E-state index contributed by atoms with van der Waals surface area (Å²) in [6.45, 7) is 5.82. The monoisotopic (exact) mass is 219 g/mol. The lowest BCUT2D eigenvalue weighted by atomic mass is 10.1. The molecule has 1 N–H and O–H groups in total. The lowest BCUT2D eigenvalue weighted by molar-refractivity contribution is -0.132. The Bertz CT molecular complexity index is 189. The van der Waals surface area contributed by atoms with E-state index >= 15 is 0 Å². The van der Waals surface area contributed by atoms with Crippen LogP contribution in [-0.4, -0.2) is 46.6 Å². The van der Waals surface area contributed by atoms with Crippen molar-refractivity contribution >= 4 is 17.7 Å². The number of aliphatic hydroxyl groups is 1. The van der Waals surface area contributed by atoms with Crippen LogP contribution in [0.1, 0.15) is 27.2 Å². The van der Waals surface area contributed by atoms with E-state index in [1.165, 1.54) is 0 Å². The van der Waals surface area contributed by atoms with Crippen LogP contribution in [0, 0.1) is 0 Å². The summed E-state index contributed by atoms with van der Waals surface area (Å²) in [5, 5.41) is 9.87. The average Bonchev–Trinajstić information content (AvgIpc) is 2.00. The largest absolute Gasteiger partial charge is 0.389 e. The molecule has 0 bridgehead atoms. The van der Waals surface area contributed by atoms with Crippen LogP contribution in [0.3, 0.4) is 0 Å². The minimum atomic E-state index is -0.812. The Morgan fingerprint density at radius 2 is 2.07 bits per heavy atom. The first-order valence-corrected chi connectivity index (χ1v) is 6.04. The number of likely N-dealkylation sites (N-methyl/N-ethyl adjacent to an activating group) is 1. The van der Waals surface area contributed by atoms with Crippen molar-refractivity contribution < 1.29 is 9.90 Å². The lowest BCUT2D eigenvalue weighted by Crippen LogP contribution is -2.40. The minimum Gasteiger partial charge on any atom is -0.389 e. The summed E-state index contributed by atoms with van der Waals surface area (Å²) in [5.41, 5.74) is -0.812. The molecular weight excluding hydrogens is 198 g/mol. The fraction of sp³-hybridized carbons (Fsp3) is 0.900. The number of hydrogen-bond donors (Lipinski definition) is 1. The van der Waals surface area contributed by atoms with Gasteiger partial charge < -0.3 is 10.0 Å². The average molecular weight is 219 g/mol. The fourth-order valence-electron chi connectivity index (χ4n) is 1.15. The summed E-state index contributed by atoms with van der Waals surface area (Å²) < 4.78 is 0. The van der Waals surface area contributed by atoms with E-state index in [9.17, 15) is 9.90 Å². The van der Waals surface area contributed by atoms with Crippen LogP contribution in [0.15, 0.2) is 0 Å². The van der Waals surface area contributed by atoms with Crippen LogP contribution in [-0.2, 0) is 4.79 Å². The summed E-state index contributed by atoms with van der Waals surface area (Å²) in [7, 11) is 1.73. The summed E-state index contributed by atoms with van der Waals surface area (Å²) >= 11 is 1.68. The Morgan fingerprint density at radius 1 is 1.57 bits per heavy atom. The van der Waals surface area contributed by atoms with E-state index in [1.807, 2.05) is 13.2 Å². The molecule has 4 heteroatoms. The van der Waals surface area contributed by atoms with Crippen LogP contribution in [0.25, 0.3) is 0 Å². The summed E-state index contributed by atoms with van der Waals surface area (Å²) in [4.78, 5) is 13.2. The lowest BCUT2D eigenvalue weighted by Gasteiger charge is -2.26. The number of thioether (sulfide) groups is 1. The van der Waals surface area contributed by atoms with Gasteiger partial charge in [0.1, 0.15) is 0 Å². The van der Waals surface area contributed by atoms with Gasteiger partial charge in [0.15, 0.2) is 0 Å². The molecule has 0 saturated carbocycles.